The van der Waals surface area contributed by atoms with Gasteiger partial charge in [-0.15, -0.1) is 0 Å². The van der Waals surface area contributed by atoms with Gasteiger partial charge in [0.25, 0.3) is 0 Å². The van der Waals surface area contributed by atoms with Crippen LogP contribution in [0.1, 0.15) is 26.2 Å². The fourth-order valence-electron chi connectivity index (χ4n) is 1.31. The zero-order chi connectivity index (χ0) is 8.10. The molecule has 1 aliphatic carbocycles. The highest BCUT2D eigenvalue weighted by Gasteiger charge is 2.03. The molecule has 1 rings (SSSR count). The summed E-state index contributed by atoms with van der Waals surface area (Å²) in [7, 11) is 2.02. The predicted molar refractivity (Wildman–Crippen MR) is 49.6 cm³/mol. The van der Waals surface area contributed by atoms with Crippen LogP contribution in [0.2, 0.25) is 0 Å². The highest BCUT2D eigenvalue weighted by molar-refractivity contribution is 5.15. The second-order valence-electron chi connectivity index (χ2n) is 3.17. The Kier molecular flexibility index (Phi) is 3.37. The lowest BCUT2D eigenvalue weighted by atomic mass is 9.99. The Morgan fingerprint density at radius 3 is 2.91 bits per heavy atom. The second kappa shape index (κ2) is 4.35. The molecule has 62 valence electrons. The summed E-state index contributed by atoms with van der Waals surface area (Å²) in [6.07, 6.45) is 10.3. The number of allylic oxidation sites excluding steroid dienone is 3. The predicted octanol–water partition coefficient (Wildman–Crippen LogP) is 2.26. The van der Waals surface area contributed by atoms with E-state index in [1.807, 2.05) is 7.05 Å². The van der Waals surface area contributed by atoms with E-state index in [-0.39, 0.29) is 0 Å². The Balaban J connectivity index is 2.31. The third kappa shape index (κ3) is 2.89. The van der Waals surface area contributed by atoms with E-state index in [0.29, 0.717) is 6.04 Å². The van der Waals surface area contributed by atoms with Crippen molar-refractivity contribution in [1.82, 2.24) is 5.32 Å². The number of nitrogens with one attached hydrogen (secondary N) is 1. The monoisotopic (exact) mass is 151 g/mol. The molecule has 0 amide bonds. The van der Waals surface area contributed by atoms with Crippen LogP contribution < -0.4 is 5.32 Å². The zero-order valence-electron chi connectivity index (χ0n) is 7.43. The van der Waals surface area contributed by atoms with Crippen LogP contribution in [0.25, 0.3) is 0 Å². The third-order valence-electron chi connectivity index (χ3n) is 2.15. The molecule has 1 heteroatoms. The van der Waals surface area contributed by atoms with Gasteiger partial charge in [-0.2, -0.15) is 0 Å². The van der Waals surface area contributed by atoms with Gasteiger partial charge in [0.05, 0.1) is 0 Å². The van der Waals surface area contributed by atoms with Crippen LogP contribution in [0.15, 0.2) is 23.8 Å². The molecule has 1 atom stereocenters. The van der Waals surface area contributed by atoms with Gasteiger partial charge in [0.1, 0.15) is 0 Å². The maximum atomic E-state index is 3.25. The molecule has 0 bridgehead atoms. The summed E-state index contributed by atoms with van der Waals surface area (Å²) in [5.41, 5.74) is 1.58. The quantitative estimate of drug-likeness (QED) is 0.610. The van der Waals surface area contributed by atoms with Crippen molar-refractivity contribution in [3.63, 3.8) is 0 Å². The van der Waals surface area contributed by atoms with Gasteiger partial charge < -0.3 is 5.32 Å². The van der Waals surface area contributed by atoms with Gasteiger partial charge in [-0.1, -0.05) is 23.8 Å². The topological polar surface area (TPSA) is 12.0 Å². The van der Waals surface area contributed by atoms with Gasteiger partial charge in [-0.3, -0.25) is 0 Å². The lowest BCUT2D eigenvalue weighted by Gasteiger charge is -2.13. The Hall–Kier alpha value is -0.560. The molecule has 0 fully saturated rings. The first-order valence-corrected chi connectivity index (χ1v) is 4.33. The fourth-order valence-corrected chi connectivity index (χ4v) is 1.31. The van der Waals surface area contributed by atoms with Gasteiger partial charge >= 0.3 is 0 Å². The molecule has 0 aromatic rings. The molecule has 0 aromatic heterocycles. The van der Waals surface area contributed by atoms with Crippen molar-refractivity contribution in [2.24, 2.45) is 0 Å². The molecular weight excluding hydrogens is 134 g/mol. The van der Waals surface area contributed by atoms with Crippen LogP contribution >= 0.6 is 0 Å². The van der Waals surface area contributed by atoms with E-state index in [4.69, 9.17) is 0 Å². The summed E-state index contributed by atoms with van der Waals surface area (Å²) in [5.74, 6) is 0. The van der Waals surface area contributed by atoms with E-state index in [9.17, 15) is 0 Å². The number of hydrogen-bond acceptors (Lipinski definition) is 1. The van der Waals surface area contributed by atoms with Crippen LogP contribution in [0, 0.1) is 0 Å². The normalized spacial score (nSPS) is 19.6. The smallest absolute Gasteiger partial charge is 0.00730 e. The summed E-state index contributed by atoms with van der Waals surface area (Å²) in [6.45, 7) is 2.22. The first-order valence-electron chi connectivity index (χ1n) is 4.33. The average Bonchev–Trinajstić information content (AvgIpc) is 2.06. The maximum Gasteiger partial charge on any atom is 0.00730 e. The lowest BCUT2D eigenvalue weighted by molar-refractivity contribution is 0.599. The average molecular weight is 151 g/mol. The van der Waals surface area contributed by atoms with Crippen LogP contribution in [-0.4, -0.2) is 13.1 Å². The van der Waals surface area contributed by atoms with Crippen LogP contribution in [0.3, 0.4) is 0 Å². The molecule has 0 radical (unpaired) electrons. The highest BCUT2D eigenvalue weighted by atomic mass is 14.8. The Morgan fingerprint density at radius 2 is 2.36 bits per heavy atom. The first-order chi connectivity index (χ1) is 5.33. The molecule has 0 aliphatic heterocycles. The Labute approximate surface area is 69.2 Å². The van der Waals surface area contributed by atoms with E-state index in [0.717, 1.165) is 12.8 Å². The molecular formula is C10H17N. The lowest BCUT2D eigenvalue weighted by Crippen LogP contribution is -2.21. The minimum absolute atomic E-state index is 0.618. The van der Waals surface area contributed by atoms with Crippen molar-refractivity contribution >= 4 is 0 Å². The van der Waals surface area contributed by atoms with E-state index < -0.39 is 0 Å². The standard InChI is InChI=1S/C10H17N/c1-9(11-2)8-10-6-4-3-5-7-10/h3-4,7,9,11H,5-6,8H2,1-2H3/t9-/m0/s1. The second-order valence-corrected chi connectivity index (χ2v) is 3.17. The van der Waals surface area contributed by atoms with E-state index in [1.165, 1.54) is 6.42 Å². The van der Waals surface area contributed by atoms with Gasteiger partial charge in [0.2, 0.25) is 0 Å². The zero-order valence-corrected chi connectivity index (χ0v) is 7.43. The molecule has 0 saturated carbocycles. The van der Waals surface area contributed by atoms with Crippen molar-refractivity contribution in [3.05, 3.63) is 23.8 Å². The van der Waals surface area contributed by atoms with Crippen LogP contribution in [0.4, 0.5) is 0 Å². The molecule has 0 saturated heterocycles. The summed E-state index contributed by atoms with van der Waals surface area (Å²) >= 11 is 0. The van der Waals surface area contributed by atoms with Crippen molar-refractivity contribution in [3.8, 4) is 0 Å². The van der Waals surface area contributed by atoms with Crippen LogP contribution in [-0.2, 0) is 0 Å². The summed E-state index contributed by atoms with van der Waals surface area (Å²) in [4.78, 5) is 0. The SMILES string of the molecule is CN[C@@H](C)CC1=CCC=CC1. The van der Waals surface area contributed by atoms with E-state index in [2.05, 4.69) is 30.5 Å². The summed E-state index contributed by atoms with van der Waals surface area (Å²) in [5, 5.41) is 3.25. The summed E-state index contributed by atoms with van der Waals surface area (Å²) < 4.78 is 0. The molecule has 1 nitrogen and oxygen atoms in total. The summed E-state index contributed by atoms with van der Waals surface area (Å²) in [6, 6.07) is 0.618. The van der Waals surface area contributed by atoms with Crippen molar-refractivity contribution in [2.45, 2.75) is 32.2 Å². The minimum Gasteiger partial charge on any atom is -0.317 e. The van der Waals surface area contributed by atoms with E-state index >= 15 is 0 Å². The number of rotatable bonds is 3. The van der Waals surface area contributed by atoms with Crippen molar-refractivity contribution in [2.75, 3.05) is 7.05 Å². The molecule has 0 heterocycles. The minimum atomic E-state index is 0.618. The van der Waals surface area contributed by atoms with Gasteiger partial charge in [-0.05, 0) is 33.2 Å². The van der Waals surface area contributed by atoms with Gasteiger partial charge in [-0.25, -0.2) is 0 Å². The molecule has 0 aromatic carbocycles. The molecule has 0 unspecified atom stereocenters. The Morgan fingerprint density at radius 1 is 1.55 bits per heavy atom. The third-order valence-corrected chi connectivity index (χ3v) is 2.15. The van der Waals surface area contributed by atoms with Gasteiger partial charge in [0, 0.05) is 6.04 Å². The number of hydrogen-bond donors (Lipinski definition) is 1. The maximum absolute atomic E-state index is 3.25. The highest BCUT2D eigenvalue weighted by Crippen LogP contribution is 2.15. The first kappa shape index (κ1) is 8.54. The molecule has 1 aliphatic rings. The molecule has 0 spiro atoms. The van der Waals surface area contributed by atoms with E-state index in [1.54, 1.807) is 5.57 Å². The Bertz CT molecular complexity index is 168. The van der Waals surface area contributed by atoms with Crippen molar-refractivity contribution < 1.29 is 0 Å². The van der Waals surface area contributed by atoms with Gasteiger partial charge in [0.15, 0.2) is 0 Å². The molecule has 11 heavy (non-hydrogen) atoms. The fraction of sp³-hybridized carbons (Fsp3) is 0.600. The largest absolute Gasteiger partial charge is 0.317 e. The molecule has 1 N–H and O–H groups in total. The van der Waals surface area contributed by atoms with Crippen LogP contribution in [0.5, 0.6) is 0 Å². The van der Waals surface area contributed by atoms with Crippen molar-refractivity contribution in [1.29, 1.82) is 0 Å².